The monoisotopic (exact) mass is 758 g/mol. The summed E-state index contributed by atoms with van der Waals surface area (Å²) in [6.45, 7) is -0.655. The van der Waals surface area contributed by atoms with Gasteiger partial charge in [-0.1, -0.05) is 30.3 Å². The van der Waals surface area contributed by atoms with E-state index >= 15 is 0 Å². The van der Waals surface area contributed by atoms with Gasteiger partial charge in [0.1, 0.15) is 30.7 Å². The predicted octanol–water partition coefficient (Wildman–Crippen LogP) is 3.23. The van der Waals surface area contributed by atoms with E-state index in [0.29, 0.717) is 11.1 Å². The maximum absolute atomic E-state index is 12.9. The van der Waals surface area contributed by atoms with Crippen LogP contribution >= 0.6 is 0 Å². The van der Waals surface area contributed by atoms with E-state index in [1.165, 1.54) is 72.8 Å². The van der Waals surface area contributed by atoms with Crippen molar-refractivity contribution in [1.29, 1.82) is 0 Å². The third-order valence-electron chi connectivity index (χ3n) is 8.05. The Kier molecular flexibility index (Phi) is 12.3. The second kappa shape index (κ2) is 17.2. The fourth-order valence-corrected chi connectivity index (χ4v) is 5.09. The van der Waals surface area contributed by atoms with Gasteiger partial charge in [-0.05, 0) is 83.4 Å². The molecule has 0 radical (unpaired) electrons. The summed E-state index contributed by atoms with van der Waals surface area (Å²) in [5.41, 5.74) is 0.765. The summed E-state index contributed by atoms with van der Waals surface area (Å²) < 4.78 is 22.0. The van der Waals surface area contributed by atoms with Gasteiger partial charge >= 0.3 is 11.9 Å². The quantitative estimate of drug-likeness (QED) is 0.0434. The lowest BCUT2D eigenvalue weighted by Gasteiger charge is -2.41. The summed E-state index contributed by atoms with van der Waals surface area (Å²) in [7, 11) is 0. The number of hydrogen-bond acceptors (Lipinski definition) is 16. The van der Waals surface area contributed by atoms with Crippen molar-refractivity contribution in [2.24, 2.45) is 0 Å². The summed E-state index contributed by atoms with van der Waals surface area (Å²) in [4.78, 5) is 38.2. The van der Waals surface area contributed by atoms with Crippen LogP contribution in [0.25, 0.3) is 18.2 Å². The van der Waals surface area contributed by atoms with E-state index in [1.807, 2.05) is 0 Å². The number of ether oxygens (including phenoxy) is 4. The summed E-state index contributed by atoms with van der Waals surface area (Å²) in [5, 5.41) is 91.4. The number of aliphatic hydroxyl groups is 2. The highest BCUT2D eigenvalue weighted by Crippen LogP contribution is 2.40. The van der Waals surface area contributed by atoms with Crippen LogP contribution in [0.1, 0.15) is 27.0 Å². The normalized spacial score (nSPS) is 19.8. The topological polar surface area (TPSA) is 270 Å². The minimum absolute atomic E-state index is 0.0192. The summed E-state index contributed by atoms with van der Waals surface area (Å²) in [5.74, 6) is -6.85. The maximum atomic E-state index is 12.9. The molecule has 16 nitrogen and oxygen atoms in total. The van der Waals surface area contributed by atoms with E-state index in [-0.39, 0.29) is 22.6 Å². The van der Waals surface area contributed by atoms with Gasteiger partial charge in [-0.3, -0.25) is 4.79 Å². The minimum Gasteiger partial charge on any atom is -0.508 e. The van der Waals surface area contributed by atoms with Crippen molar-refractivity contribution >= 4 is 35.9 Å². The van der Waals surface area contributed by atoms with Gasteiger partial charge in [0.2, 0.25) is 12.0 Å². The number of allylic oxidation sites excluding steroid dienone is 1. The first-order valence-electron chi connectivity index (χ1n) is 16.2. The number of aromatic hydroxyl groups is 7. The number of rotatable bonds is 12. The molecule has 5 atom stereocenters. The molecule has 16 heteroatoms. The number of phenols is 7. The molecule has 0 aromatic heterocycles. The van der Waals surface area contributed by atoms with Crippen LogP contribution in [0.15, 0.2) is 91.0 Å². The van der Waals surface area contributed by atoms with Crippen molar-refractivity contribution in [1.82, 2.24) is 0 Å². The maximum Gasteiger partial charge on any atom is 0.331 e. The average molecular weight is 759 g/mol. The van der Waals surface area contributed by atoms with Gasteiger partial charge in [0.05, 0.1) is 5.56 Å². The molecule has 1 fully saturated rings. The lowest BCUT2D eigenvalue weighted by molar-refractivity contribution is -0.282. The highest BCUT2D eigenvalue weighted by molar-refractivity contribution is 6.09. The molecule has 0 spiro atoms. The standard InChI is InChI=1S/C39H34O16/c40-23-8-1-20(2-9-23)6-15-32(46)52-19-31-36(50)37(51)38(55-33(47)16-7-22-5-13-27(43)29(45)18-22)39(54-31)53-30-14-10-24(34(48)35(30)49)25(41)11-3-21-4-12-26(42)28(44)17-21/h1-18,31,36-40,42-45,48-51H,19H2/b11-3+,15-6+,16-7+/t31?,36-,37+,38?,39-/m1/s1. The number of carbonyl (C=O) groups excluding carboxylic acids is 3. The first-order chi connectivity index (χ1) is 26.2. The molecular weight excluding hydrogens is 724 g/mol. The van der Waals surface area contributed by atoms with Gasteiger partial charge in [-0.2, -0.15) is 0 Å². The molecule has 0 saturated carbocycles. The molecule has 1 heterocycles. The summed E-state index contributed by atoms with van der Waals surface area (Å²) in [6.07, 6.45) is -2.12. The van der Waals surface area contributed by atoms with Gasteiger partial charge in [0.15, 0.2) is 46.4 Å². The van der Waals surface area contributed by atoms with Gasteiger partial charge < -0.3 is 64.9 Å². The van der Waals surface area contributed by atoms with E-state index in [4.69, 9.17) is 18.9 Å². The third-order valence-corrected chi connectivity index (χ3v) is 8.05. The van der Waals surface area contributed by atoms with Crippen molar-refractivity contribution in [3.05, 3.63) is 113 Å². The molecule has 2 unspecified atom stereocenters. The SMILES string of the molecule is O=C(/C=C/c1ccc(O)cc1)OCC1O[C@@H](Oc2ccc(C(=O)/C=C/c3ccc(O)c(O)c3)c(O)c2O)C(OC(=O)/C=C/c2ccc(O)c(O)c2)[C@@H](O)[C@@H]1O. The number of aliphatic hydroxyl groups excluding tert-OH is 2. The van der Waals surface area contributed by atoms with Crippen molar-refractivity contribution in [2.75, 3.05) is 6.61 Å². The lowest BCUT2D eigenvalue weighted by Crippen LogP contribution is -2.61. The largest absolute Gasteiger partial charge is 0.508 e. The van der Waals surface area contributed by atoms with Crippen molar-refractivity contribution < 1.29 is 79.3 Å². The van der Waals surface area contributed by atoms with Crippen molar-refractivity contribution in [3.63, 3.8) is 0 Å². The Morgan fingerprint density at radius 1 is 0.618 bits per heavy atom. The highest BCUT2D eigenvalue weighted by atomic mass is 16.7. The molecule has 1 saturated heterocycles. The third kappa shape index (κ3) is 9.91. The van der Waals surface area contributed by atoms with E-state index < -0.39 is 89.5 Å². The van der Waals surface area contributed by atoms with Crippen molar-refractivity contribution in [2.45, 2.75) is 30.7 Å². The Hall–Kier alpha value is -7.01. The molecule has 9 N–H and O–H groups in total. The Labute approximate surface area is 311 Å². The van der Waals surface area contributed by atoms with Crippen LogP contribution in [-0.4, -0.2) is 101 Å². The zero-order chi connectivity index (χ0) is 39.8. The smallest absolute Gasteiger partial charge is 0.331 e. The first kappa shape index (κ1) is 39.2. The average Bonchev–Trinajstić information content (AvgIpc) is 3.16. The zero-order valence-electron chi connectivity index (χ0n) is 28.4. The van der Waals surface area contributed by atoms with Crippen LogP contribution in [0.3, 0.4) is 0 Å². The minimum atomic E-state index is -1.95. The molecule has 0 bridgehead atoms. The van der Waals surface area contributed by atoms with E-state index in [0.717, 1.165) is 36.4 Å². The fraction of sp³-hybridized carbons (Fsp3) is 0.154. The van der Waals surface area contributed by atoms with E-state index in [9.17, 15) is 60.3 Å². The molecular formula is C39H34O16. The number of carbonyl (C=O) groups is 3. The molecule has 286 valence electrons. The first-order valence-corrected chi connectivity index (χ1v) is 16.2. The zero-order valence-corrected chi connectivity index (χ0v) is 28.4. The van der Waals surface area contributed by atoms with Crippen molar-refractivity contribution in [3.8, 4) is 46.0 Å². The van der Waals surface area contributed by atoms with E-state index in [2.05, 4.69) is 0 Å². The second-order valence-corrected chi connectivity index (χ2v) is 11.9. The fourth-order valence-electron chi connectivity index (χ4n) is 5.09. The number of phenolic OH excluding ortho intramolecular Hbond substituents is 7. The molecule has 1 aliphatic heterocycles. The molecule has 4 aromatic carbocycles. The van der Waals surface area contributed by atoms with Crippen LogP contribution in [-0.2, 0) is 23.8 Å². The molecule has 0 amide bonds. The Morgan fingerprint density at radius 3 is 1.80 bits per heavy atom. The Bertz CT molecular complexity index is 2140. The van der Waals surface area contributed by atoms with Crippen LogP contribution in [0.2, 0.25) is 0 Å². The van der Waals surface area contributed by atoms with Crippen LogP contribution in [0, 0.1) is 0 Å². The number of ketones is 1. The van der Waals surface area contributed by atoms with Crippen LogP contribution in [0.4, 0.5) is 0 Å². The molecule has 5 rings (SSSR count). The van der Waals surface area contributed by atoms with E-state index in [1.54, 1.807) is 0 Å². The Balaban J connectivity index is 1.35. The summed E-state index contributed by atoms with van der Waals surface area (Å²) in [6, 6.07) is 15.5. The molecule has 0 aliphatic carbocycles. The van der Waals surface area contributed by atoms with Crippen LogP contribution < -0.4 is 4.74 Å². The second-order valence-electron chi connectivity index (χ2n) is 11.9. The number of benzene rings is 4. The van der Waals surface area contributed by atoms with Gasteiger partial charge in [-0.25, -0.2) is 9.59 Å². The van der Waals surface area contributed by atoms with Crippen LogP contribution in [0.5, 0.6) is 46.0 Å². The molecule has 1 aliphatic rings. The van der Waals surface area contributed by atoms with Gasteiger partial charge in [0, 0.05) is 12.2 Å². The Morgan fingerprint density at radius 2 is 1.18 bits per heavy atom. The predicted molar refractivity (Wildman–Crippen MR) is 191 cm³/mol. The number of hydrogen-bond donors (Lipinski definition) is 9. The van der Waals surface area contributed by atoms with Gasteiger partial charge in [-0.15, -0.1) is 0 Å². The lowest BCUT2D eigenvalue weighted by atomic mass is 9.99. The molecule has 55 heavy (non-hydrogen) atoms. The number of esters is 2. The highest BCUT2D eigenvalue weighted by Gasteiger charge is 2.48. The summed E-state index contributed by atoms with van der Waals surface area (Å²) >= 11 is 0. The molecule has 4 aromatic rings. The van der Waals surface area contributed by atoms with Gasteiger partial charge in [0.25, 0.3) is 0 Å².